The van der Waals surface area contributed by atoms with Crippen LogP contribution in [0.5, 0.6) is 5.75 Å². The minimum absolute atomic E-state index is 0.518. The molecule has 0 bridgehead atoms. The first-order valence-corrected chi connectivity index (χ1v) is 7.43. The monoisotopic (exact) mass is 291 g/mol. The topological polar surface area (TPSA) is 57.0 Å². The van der Waals surface area contributed by atoms with Gasteiger partial charge in [-0.3, -0.25) is 4.79 Å². The van der Waals surface area contributed by atoms with Gasteiger partial charge < -0.3 is 9.30 Å². The van der Waals surface area contributed by atoms with Crippen LogP contribution in [-0.2, 0) is 13.5 Å². The van der Waals surface area contributed by atoms with Crippen LogP contribution in [0.4, 0.5) is 0 Å². The van der Waals surface area contributed by atoms with Gasteiger partial charge in [-0.15, -0.1) is 10.2 Å². The Morgan fingerprint density at radius 1 is 1.35 bits per heavy atom. The van der Waals surface area contributed by atoms with Crippen LogP contribution in [0.2, 0.25) is 0 Å². The summed E-state index contributed by atoms with van der Waals surface area (Å²) in [4.78, 5) is 10.9. The number of carbonyl (C=O) groups is 1. The summed E-state index contributed by atoms with van der Waals surface area (Å²) in [6, 6.07) is 7.21. The molecule has 1 aromatic carbocycles. The lowest BCUT2D eigenvalue weighted by atomic mass is 10.2. The van der Waals surface area contributed by atoms with E-state index in [4.69, 9.17) is 4.74 Å². The molecule has 0 fully saturated rings. The van der Waals surface area contributed by atoms with Crippen LogP contribution < -0.4 is 4.74 Å². The maximum atomic E-state index is 10.9. The standard InChI is InChI=1S/C14H17N3O2S/c1-3-13-15-16-14(17(13)2)20-9-8-19-12-7-5-4-6-11(12)10-18/h4-7,10H,3,8-9H2,1-2H3. The third-order valence-corrected chi connectivity index (χ3v) is 3.84. The Morgan fingerprint density at radius 2 is 2.15 bits per heavy atom. The van der Waals surface area contributed by atoms with E-state index in [0.29, 0.717) is 17.9 Å². The van der Waals surface area contributed by atoms with Crippen LogP contribution in [0.25, 0.3) is 0 Å². The number of ether oxygens (including phenoxy) is 1. The Hall–Kier alpha value is -1.82. The number of carbonyl (C=O) groups excluding carboxylic acids is 1. The van der Waals surface area contributed by atoms with Crippen LogP contribution in [0.1, 0.15) is 23.1 Å². The highest BCUT2D eigenvalue weighted by atomic mass is 32.2. The minimum atomic E-state index is 0.518. The van der Waals surface area contributed by atoms with E-state index in [1.807, 2.05) is 23.7 Å². The van der Waals surface area contributed by atoms with E-state index in [2.05, 4.69) is 17.1 Å². The predicted molar refractivity (Wildman–Crippen MR) is 78.4 cm³/mol. The van der Waals surface area contributed by atoms with Crippen molar-refractivity contribution in [2.45, 2.75) is 18.5 Å². The highest BCUT2D eigenvalue weighted by Crippen LogP contribution is 2.18. The van der Waals surface area contributed by atoms with E-state index < -0.39 is 0 Å². The molecule has 0 aliphatic rings. The van der Waals surface area contributed by atoms with Gasteiger partial charge in [0.2, 0.25) is 0 Å². The van der Waals surface area contributed by atoms with Gasteiger partial charge in [-0.05, 0) is 12.1 Å². The molecule has 106 valence electrons. The zero-order chi connectivity index (χ0) is 14.4. The summed E-state index contributed by atoms with van der Waals surface area (Å²) in [5.41, 5.74) is 0.574. The van der Waals surface area contributed by atoms with Crippen LogP contribution in [-0.4, -0.2) is 33.4 Å². The van der Waals surface area contributed by atoms with Crippen molar-refractivity contribution < 1.29 is 9.53 Å². The number of benzene rings is 1. The lowest BCUT2D eigenvalue weighted by molar-refractivity contribution is 0.112. The average molecular weight is 291 g/mol. The molecule has 0 aliphatic heterocycles. The number of thioether (sulfide) groups is 1. The fourth-order valence-corrected chi connectivity index (χ4v) is 2.52. The van der Waals surface area contributed by atoms with Crippen molar-refractivity contribution in [3.63, 3.8) is 0 Å². The first-order chi connectivity index (χ1) is 9.76. The molecule has 0 saturated carbocycles. The van der Waals surface area contributed by atoms with Gasteiger partial charge in [0, 0.05) is 19.2 Å². The number of nitrogens with zero attached hydrogens (tertiary/aromatic N) is 3. The highest BCUT2D eigenvalue weighted by molar-refractivity contribution is 7.99. The van der Waals surface area contributed by atoms with Gasteiger partial charge in [0.05, 0.1) is 12.2 Å². The molecule has 0 unspecified atom stereocenters. The lowest BCUT2D eigenvalue weighted by Gasteiger charge is -2.07. The maximum absolute atomic E-state index is 10.9. The molecule has 2 aromatic rings. The quantitative estimate of drug-likeness (QED) is 0.445. The van der Waals surface area contributed by atoms with E-state index in [0.717, 1.165) is 29.4 Å². The normalized spacial score (nSPS) is 10.5. The molecular weight excluding hydrogens is 274 g/mol. The van der Waals surface area contributed by atoms with E-state index in [1.165, 1.54) is 0 Å². The molecular formula is C14H17N3O2S. The van der Waals surface area contributed by atoms with Gasteiger partial charge >= 0.3 is 0 Å². The minimum Gasteiger partial charge on any atom is -0.492 e. The Kier molecular flexibility index (Phi) is 5.17. The second-order valence-corrected chi connectivity index (χ2v) is 5.23. The molecule has 1 aromatic heterocycles. The molecule has 0 atom stereocenters. The summed E-state index contributed by atoms with van der Waals surface area (Å²) in [7, 11) is 1.96. The first-order valence-electron chi connectivity index (χ1n) is 6.44. The summed E-state index contributed by atoms with van der Waals surface area (Å²) in [5, 5.41) is 9.12. The zero-order valence-corrected chi connectivity index (χ0v) is 12.4. The molecule has 0 N–H and O–H groups in total. The second kappa shape index (κ2) is 7.09. The summed E-state index contributed by atoms with van der Waals surface area (Å²) >= 11 is 1.59. The van der Waals surface area contributed by atoms with Crippen molar-refractivity contribution >= 4 is 18.0 Å². The zero-order valence-electron chi connectivity index (χ0n) is 11.6. The second-order valence-electron chi connectivity index (χ2n) is 4.16. The van der Waals surface area contributed by atoms with Gasteiger partial charge in [-0.1, -0.05) is 30.8 Å². The van der Waals surface area contributed by atoms with E-state index in [1.54, 1.807) is 23.9 Å². The number of rotatable bonds is 7. The molecule has 1 heterocycles. The van der Waals surface area contributed by atoms with Crippen LogP contribution in [0.3, 0.4) is 0 Å². The molecule has 6 heteroatoms. The number of para-hydroxylation sites is 1. The number of aldehydes is 1. The third-order valence-electron chi connectivity index (χ3n) is 2.86. The molecule has 0 radical (unpaired) electrons. The summed E-state index contributed by atoms with van der Waals surface area (Å²) in [5.74, 6) is 2.35. The van der Waals surface area contributed by atoms with Crippen molar-refractivity contribution in [2.75, 3.05) is 12.4 Å². The Labute approximate surface area is 122 Å². The van der Waals surface area contributed by atoms with Gasteiger partial charge in [0.15, 0.2) is 11.4 Å². The lowest BCUT2D eigenvalue weighted by Crippen LogP contribution is -2.04. The van der Waals surface area contributed by atoms with Crippen molar-refractivity contribution in [2.24, 2.45) is 7.05 Å². The van der Waals surface area contributed by atoms with E-state index >= 15 is 0 Å². The Bertz CT molecular complexity index is 584. The smallest absolute Gasteiger partial charge is 0.191 e. The summed E-state index contributed by atoms with van der Waals surface area (Å²) in [6.07, 6.45) is 1.67. The molecule has 2 rings (SSSR count). The molecule has 0 saturated heterocycles. The van der Waals surface area contributed by atoms with Crippen LogP contribution in [0, 0.1) is 0 Å². The summed E-state index contributed by atoms with van der Waals surface area (Å²) < 4.78 is 7.60. The molecule has 0 spiro atoms. The van der Waals surface area contributed by atoms with Crippen molar-refractivity contribution in [3.8, 4) is 5.75 Å². The highest BCUT2D eigenvalue weighted by Gasteiger charge is 2.07. The van der Waals surface area contributed by atoms with Gasteiger partial charge in [-0.25, -0.2) is 0 Å². The number of hydrogen-bond donors (Lipinski definition) is 0. The molecule has 20 heavy (non-hydrogen) atoms. The van der Waals surface area contributed by atoms with E-state index in [9.17, 15) is 4.79 Å². The first kappa shape index (κ1) is 14.6. The van der Waals surface area contributed by atoms with Crippen molar-refractivity contribution in [3.05, 3.63) is 35.7 Å². The molecule has 5 nitrogen and oxygen atoms in total. The van der Waals surface area contributed by atoms with Gasteiger partial charge in [0.25, 0.3) is 0 Å². The fourth-order valence-electron chi connectivity index (χ4n) is 1.77. The molecule has 0 aliphatic carbocycles. The summed E-state index contributed by atoms with van der Waals surface area (Å²) in [6.45, 7) is 2.57. The number of aromatic nitrogens is 3. The van der Waals surface area contributed by atoms with E-state index in [-0.39, 0.29) is 0 Å². The predicted octanol–water partition coefficient (Wildman–Crippen LogP) is 2.36. The average Bonchev–Trinajstić information content (AvgIpc) is 2.84. The Balaban J connectivity index is 1.84. The van der Waals surface area contributed by atoms with Gasteiger partial charge in [-0.2, -0.15) is 0 Å². The Morgan fingerprint density at radius 3 is 2.85 bits per heavy atom. The number of hydrogen-bond acceptors (Lipinski definition) is 5. The van der Waals surface area contributed by atoms with Crippen LogP contribution in [0.15, 0.2) is 29.4 Å². The van der Waals surface area contributed by atoms with Crippen LogP contribution >= 0.6 is 11.8 Å². The SMILES string of the molecule is CCc1nnc(SCCOc2ccccc2C=O)n1C. The van der Waals surface area contributed by atoms with Gasteiger partial charge in [0.1, 0.15) is 11.6 Å². The largest absolute Gasteiger partial charge is 0.492 e. The maximum Gasteiger partial charge on any atom is 0.191 e. The fraction of sp³-hybridized carbons (Fsp3) is 0.357. The van der Waals surface area contributed by atoms with Crippen molar-refractivity contribution in [1.29, 1.82) is 0 Å². The number of aryl methyl sites for hydroxylation is 1. The third kappa shape index (κ3) is 3.39. The van der Waals surface area contributed by atoms with Crippen molar-refractivity contribution in [1.82, 2.24) is 14.8 Å². The molecule has 0 amide bonds.